The van der Waals surface area contributed by atoms with E-state index in [1.165, 1.54) is 7.11 Å². The van der Waals surface area contributed by atoms with Gasteiger partial charge in [0.25, 0.3) is 0 Å². The van der Waals surface area contributed by atoms with Gasteiger partial charge >= 0.3 is 11.9 Å². The number of ether oxygens (including phenoxy) is 1. The molecule has 78 valence electrons. The molecule has 1 N–H and O–H groups in total. The third-order valence-corrected chi connectivity index (χ3v) is 3.49. The van der Waals surface area contributed by atoms with Crippen molar-refractivity contribution < 1.29 is 19.4 Å². The number of carbonyl (C=O) groups excluding carboxylic acids is 1. The molecular formula is C10H14O4. The van der Waals surface area contributed by atoms with E-state index in [1.807, 2.05) is 0 Å². The lowest BCUT2D eigenvalue weighted by Crippen LogP contribution is -2.34. The Morgan fingerprint density at radius 1 is 1.14 bits per heavy atom. The van der Waals surface area contributed by atoms with Gasteiger partial charge in [-0.15, -0.1) is 0 Å². The Hall–Kier alpha value is -1.06. The monoisotopic (exact) mass is 198 g/mol. The van der Waals surface area contributed by atoms with E-state index >= 15 is 0 Å². The van der Waals surface area contributed by atoms with Crippen molar-refractivity contribution in [2.24, 2.45) is 23.7 Å². The molecule has 0 aromatic heterocycles. The maximum atomic E-state index is 11.4. The zero-order valence-electron chi connectivity index (χ0n) is 8.10. The van der Waals surface area contributed by atoms with Gasteiger partial charge in [-0.05, 0) is 31.1 Å². The van der Waals surface area contributed by atoms with Gasteiger partial charge in [0.05, 0.1) is 18.9 Å². The lowest BCUT2D eigenvalue weighted by molar-refractivity contribution is -0.157. The number of methoxy groups -OCH3 is 1. The summed E-state index contributed by atoms with van der Waals surface area (Å²) in [5, 5.41) is 8.98. The molecule has 0 saturated heterocycles. The first-order valence-electron chi connectivity index (χ1n) is 4.94. The number of hydrogen-bond acceptors (Lipinski definition) is 3. The van der Waals surface area contributed by atoms with Gasteiger partial charge in [-0.2, -0.15) is 0 Å². The van der Waals surface area contributed by atoms with Crippen LogP contribution in [0.2, 0.25) is 0 Å². The Morgan fingerprint density at radius 2 is 1.71 bits per heavy atom. The maximum Gasteiger partial charge on any atom is 0.309 e. The molecule has 4 nitrogen and oxygen atoms in total. The van der Waals surface area contributed by atoms with Gasteiger partial charge < -0.3 is 9.84 Å². The molecule has 2 saturated carbocycles. The first kappa shape index (κ1) is 9.49. The number of fused-ring (bicyclic) bond motifs is 1. The van der Waals surface area contributed by atoms with Gasteiger partial charge in [-0.1, -0.05) is 0 Å². The molecule has 0 unspecified atom stereocenters. The van der Waals surface area contributed by atoms with Gasteiger partial charge in [0.2, 0.25) is 0 Å². The van der Waals surface area contributed by atoms with Crippen molar-refractivity contribution >= 4 is 11.9 Å². The van der Waals surface area contributed by atoms with Crippen LogP contribution in [0.1, 0.15) is 19.3 Å². The summed E-state index contributed by atoms with van der Waals surface area (Å²) in [4.78, 5) is 22.3. The summed E-state index contributed by atoms with van der Waals surface area (Å²) in [7, 11) is 1.32. The number of carboxylic acid groups (broad SMARTS) is 1. The first-order chi connectivity index (χ1) is 6.63. The minimum atomic E-state index is -0.856. The summed E-state index contributed by atoms with van der Waals surface area (Å²) in [5.74, 6) is -1.02. The SMILES string of the molecule is COC(=O)[C@@H]1C[C@H]2C[C@@H]2C[C@H]1C(=O)O. The summed E-state index contributed by atoms with van der Waals surface area (Å²) in [5.41, 5.74) is 0. The fourth-order valence-corrected chi connectivity index (χ4v) is 2.55. The molecule has 4 heteroatoms. The summed E-state index contributed by atoms with van der Waals surface area (Å²) in [6, 6.07) is 0. The second kappa shape index (κ2) is 3.26. The molecule has 0 heterocycles. The molecule has 4 atom stereocenters. The van der Waals surface area contributed by atoms with E-state index in [0.717, 1.165) is 6.42 Å². The number of hydrogen-bond donors (Lipinski definition) is 1. The molecule has 0 spiro atoms. The Labute approximate surface area is 82.2 Å². The van der Waals surface area contributed by atoms with Gasteiger partial charge in [0.15, 0.2) is 0 Å². The van der Waals surface area contributed by atoms with Crippen molar-refractivity contribution in [3.8, 4) is 0 Å². The zero-order chi connectivity index (χ0) is 10.3. The standard InChI is InChI=1S/C10H14O4/c1-14-10(13)8-4-6-2-5(6)3-7(8)9(11)12/h5-8H,2-4H2,1H3,(H,11,12)/t5-,6-,7-,8-/m1/s1. The third kappa shape index (κ3) is 1.49. The van der Waals surface area contributed by atoms with Crippen LogP contribution in [0.4, 0.5) is 0 Å². The van der Waals surface area contributed by atoms with E-state index in [2.05, 4.69) is 4.74 Å². The molecule has 2 rings (SSSR count). The minimum Gasteiger partial charge on any atom is -0.481 e. The molecule has 0 aliphatic heterocycles. The number of carbonyl (C=O) groups is 2. The second-order valence-electron chi connectivity index (χ2n) is 4.30. The van der Waals surface area contributed by atoms with Crippen LogP contribution in [0, 0.1) is 23.7 Å². The third-order valence-electron chi connectivity index (χ3n) is 3.49. The Morgan fingerprint density at radius 3 is 2.21 bits per heavy atom. The largest absolute Gasteiger partial charge is 0.481 e. The minimum absolute atomic E-state index is 0.359. The highest BCUT2D eigenvalue weighted by atomic mass is 16.5. The number of aliphatic carboxylic acids is 1. The predicted octanol–water partition coefficient (Wildman–Crippen LogP) is 0.906. The van der Waals surface area contributed by atoms with E-state index in [4.69, 9.17) is 5.11 Å². The molecule has 0 aromatic carbocycles. The lowest BCUT2D eigenvalue weighted by Gasteiger charge is -2.25. The van der Waals surface area contributed by atoms with Gasteiger partial charge in [-0.3, -0.25) is 9.59 Å². The normalized spacial score (nSPS) is 39.8. The topological polar surface area (TPSA) is 63.6 Å². The van der Waals surface area contributed by atoms with Crippen LogP contribution in [0.5, 0.6) is 0 Å². The Balaban J connectivity index is 2.10. The molecule has 0 radical (unpaired) electrons. The highest BCUT2D eigenvalue weighted by Crippen LogP contribution is 2.53. The van der Waals surface area contributed by atoms with E-state index in [9.17, 15) is 9.59 Å². The summed E-state index contributed by atoms with van der Waals surface area (Å²) in [6.07, 6.45) is 2.45. The van der Waals surface area contributed by atoms with Gasteiger partial charge in [0.1, 0.15) is 0 Å². The van der Waals surface area contributed by atoms with Crippen molar-refractivity contribution in [3.05, 3.63) is 0 Å². The van der Waals surface area contributed by atoms with Crippen LogP contribution in [0.3, 0.4) is 0 Å². The van der Waals surface area contributed by atoms with E-state index in [1.54, 1.807) is 0 Å². The fraction of sp³-hybridized carbons (Fsp3) is 0.800. The highest BCUT2D eigenvalue weighted by molar-refractivity contribution is 5.81. The quantitative estimate of drug-likeness (QED) is 0.670. The Bertz CT molecular complexity index is 273. The number of rotatable bonds is 2. The average Bonchev–Trinajstić information content (AvgIpc) is 2.92. The smallest absolute Gasteiger partial charge is 0.309 e. The van der Waals surface area contributed by atoms with Gasteiger partial charge in [-0.25, -0.2) is 0 Å². The van der Waals surface area contributed by atoms with Crippen LogP contribution in [0.15, 0.2) is 0 Å². The Kier molecular flexibility index (Phi) is 2.21. The summed E-state index contributed by atoms with van der Waals surface area (Å²) >= 11 is 0. The molecule has 2 aliphatic carbocycles. The van der Waals surface area contributed by atoms with Gasteiger partial charge in [0, 0.05) is 0 Å². The van der Waals surface area contributed by atoms with E-state index in [0.29, 0.717) is 24.7 Å². The van der Waals surface area contributed by atoms with Crippen molar-refractivity contribution in [2.75, 3.05) is 7.11 Å². The van der Waals surface area contributed by atoms with Crippen molar-refractivity contribution in [2.45, 2.75) is 19.3 Å². The summed E-state index contributed by atoms with van der Waals surface area (Å²) < 4.78 is 4.63. The lowest BCUT2D eigenvalue weighted by atomic mass is 9.79. The molecule has 14 heavy (non-hydrogen) atoms. The number of carboxylic acids is 1. The molecule has 0 aromatic rings. The van der Waals surface area contributed by atoms with Crippen molar-refractivity contribution in [3.63, 3.8) is 0 Å². The molecule has 0 amide bonds. The van der Waals surface area contributed by atoms with Crippen LogP contribution in [-0.4, -0.2) is 24.2 Å². The maximum absolute atomic E-state index is 11.4. The molecular weight excluding hydrogens is 184 g/mol. The number of esters is 1. The fourth-order valence-electron chi connectivity index (χ4n) is 2.55. The highest BCUT2D eigenvalue weighted by Gasteiger charge is 2.51. The molecule has 2 fully saturated rings. The zero-order valence-corrected chi connectivity index (χ0v) is 8.10. The predicted molar refractivity (Wildman–Crippen MR) is 47.5 cm³/mol. The van der Waals surface area contributed by atoms with Crippen LogP contribution in [0.25, 0.3) is 0 Å². The van der Waals surface area contributed by atoms with Crippen molar-refractivity contribution in [1.82, 2.24) is 0 Å². The second-order valence-corrected chi connectivity index (χ2v) is 4.30. The first-order valence-corrected chi connectivity index (χ1v) is 4.94. The van der Waals surface area contributed by atoms with Crippen LogP contribution in [-0.2, 0) is 14.3 Å². The average molecular weight is 198 g/mol. The van der Waals surface area contributed by atoms with Crippen LogP contribution < -0.4 is 0 Å². The van der Waals surface area contributed by atoms with Crippen molar-refractivity contribution in [1.29, 1.82) is 0 Å². The van der Waals surface area contributed by atoms with E-state index < -0.39 is 17.8 Å². The summed E-state index contributed by atoms with van der Waals surface area (Å²) in [6.45, 7) is 0. The van der Waals surface area contributed by atoms with Crippen LogP contribution >= 0.6 is 0 Å². The van der Waals surface area contributed by atoms with E-state index in [-0.39, 0.29) is 5.97 Å². The molecule has 2 aliphatic rings. The molecule has 0 bridgehead atoms.